The van der Waals surface area contributed by atoms with Crippen LogP contribution in [0.4, 0.5) is 0 Å². The molecule has 31 heavy (non-hydrogen) atoms. The molecule has 2 aromatic heterocycles. The molecule has 2 fully saturated rings. The van der Waals surface area contributed by atoms with E-state index in [1.54, 1.807) is 11.8 Å². The maximum Gasteiger partial charge on any atom is 0.336 e. The van der Waals surface area contributed by atoms with Crippen LogP contribution in [0, 0.1) is 5.41 Å². The molecule has 11 nitrogen and oxygen atoms in total. The minimum atomic E-state index is -0.314. The molecule has 11 heteroatoms. The summed E-state index contributed by atoms with van der Waals surface area (Å²) in [7, 11) is 0. The van der Waals surface area contributed by atoms with E-state index in [9.17, 15) is 9.59 Å². The number of nitrogens with zero attached hydrogens (tertiary/aromatic N) is 7. The average molecular weight is 424 g/mol. The van der Waals surface area contributed by atoms with Crippen molar-refractivity contribution in [2.75, 3.05) is 13.2 Å². The molecule has 0 aromatic carbocycles. The van der Waals surface area contributed by atoms with E-state index in [-0.39, 0.29) is 23.9 Å². The lowest BCUT2D eigenvalue weighted by molar-refractivity contribution is -0.138. The molecule has 0 bridgehead atoms. The van der Waals surface area contributed by atoms with Gasteiger partial charge in [0, 0.05) is 19.1 Å². The molecule has 1 spiro atoms. The summed E-state index contributed by atoms with van der Waals surface area (Å²) in [6.45, 7) is 3.23. The molecule has 3 aliphatic rings. The number of hydrogen-bond donors (Lipinski definition) is 1. The number of likely N-dealkylation sites (tertiary alicyclic amines) is 1. The molecule has 2 aromatic rings. The highest BCUT2D eigenvalue weighted by molar-refractivity contribution is 5.94. The maximum absolute atomic E-state index is 13.2. The van der Waals surface area contributed by atoms with Crippen LogP contribution in [0.1, 0.15) is 44.7 Å². The topological polar surface area (TPSA) is 128 Å². The number of hydrogen-bond acceptors (Lipinski definition) is 9. The fourth-order valence-corrected chi connectivity index (χ4v) is 4.74. The van der Waals surface area contributed by atoms with E-state index >= 15 is 0 Å². The van der Waals surface area contributed by atoms with Gasteiger partial charge in [0.15, 0.2) is 12.1 Å². The van der Waals surface area contributed by atoms with Gasteiger partial charge in [-0.25, -0.2) is 4.79 Å². The first-order valence-corrected chi connectivity index (χ1v) is 10.5. The predicted molar refractivity (Wildman–Crippen MR) is 106 cm³/mol. The Morgan fingerprint density at radius 2 is 2.03 bits per heavy atom. The van der Waals surface area contributed by atoms with E-state index < -0.39 is 0 Å². The van der Waals surface area contributed by atoms with Crippen LogP contribution in [-0.2, 0) is 20.9 Å². The molecule has 2 aliphatic heterocycles. The van der Waals surface area contributed by atoms with Crippen LogP contribution >= 0.6 is 0 Å². The Morgan fingerprint density at radius 3 is 2.68 bits per heavy atom. The zero-order valence-electron chi connectivity index (χ0n) is 17.3. The number of cyclic esters (lactones) is 1. The first kappa shape index (κ1) is 19.7. The first-order chi connectivity index (χ1) is 15.1. The Morgan fingerprint density at radius 1 is 1.19 bits per heavy atom. The molecule has 5 rings (SSSR count). The van der Waals surface area contributed by atoms with Gasteiger partial charge in [0.1, 0.15) is 6.61 Å². The largest absolute Gasteiger partial charge is 0.456 e. The summed E-state index contributed by atoms with van der Waals surface area (Å²) in [6, 6.07) is 4.03. The van der Waals surface area contributed by atoms with Crippen molar-refractivity contribution in [1.82, 2.24) is 40.6 Å². The van der Waals surface area contributed by atoms with Crippen LogP contribution < -0.4 is 5.32 Å². The minimum Gasteiger partial charge on any atom is -0.456 e. The SMILES string of the molecule is CC1=C(N2CCC3(CCC(NCc4ccc(-n5ncnn5)nn4)CC3)C2=O)COC1=O. The summed E-state index contributed by atoms with van der Waals surface area (Å²) in [5.74, 6) is 0.358. The molecule has 1 N–H and O–H groups in total. The number of tetrazole rings is 1. The molecular formula is C20H24N8O3. The highest BCUT2D eigenvalue weighted by atomic mass is 16.5. The van der Waals surface area contributed by atoms with Crippen LogP contribution in [0.25, 0.3) is 5.82 Å². The smallest absolute Gasteiger partial charge is 0.336 e. The quantitative estimate of drug-likeness (QED) is 0.684. The molecule has 4 heterocycles. The Bertz CT molecular complexity index is 1010. The molecular weight excluding hydrogens is 400 g/mol. The summed E-state index contributed by atoms with van der Waals surface area (Å²) in [6.07, 6.45) is 5.75. The average Bonchev–Trinajstić information content (AvgIpc) is 3.51. The molecule has 0 atom stereocenters. The fraction of sp³-hybridized carbons (Fsp3) is 0.550. The lowest BCUT2D eigenvalue weighted by Gasteiger charge is -2.36. The van der Waals surface area contributed by atoms with Gasteiger partial charge < -0.3 is 15.0 Å². The van der Waals surface area contributed by atoms with Gasteiger partial charge in [-0.05, 0) is 56.4 Å². The third-order valence-corrected chi connectivity index (χ3v) is 6.69. The van der Waals surface area contributed by atoms with Gasteiger partial charge in [0.2, 0.25) is 5.91 Å². The second-order valence-electron chi connectivity index (χ2n) is 8.40. The number of amides is 1. The minimum absolute atomic E-state index is 0.154. The van der Waals surface area contributed by atoms with Gasteiger partial charge in [-0.2, -0.15) is 5.10 Å². The van der Waals surface area contributed by atoms with E-state index in [2.05, 4.69) is 30.9 Å². The normalized spacial score (nSPS) is 26.2. The summed E-state index contributed by atoms with van der Waals surface area (Å²) < 4.78 is 5.09. The van der Waals surface area contributed by atoms with Gasteiger partial charge in [-0.15, -0.1) is 20.1 Å². The van der Waals surface area contributed by atoms with E-state index in [4.69, 9.17) is 4.74 Å². The molecule has 0 radical (unpaired) electrons. The van der Waals surface area contributed by atoms with Crippen molar-refractivity contribution < 1.29 is 14.3 Å². The van der Waals surface area contributed by atoms with E-state index in [0.717, 1.165) is 43.5 Å². The maximum atomic E-state index is 13.2. The van der Waals surface area contributed by atoms with Gasteiger partial charge in [-0.1, -0.05) is 0 Å². The third-order valence-electron chi connectivity index (χ3n) is 6.69. The van der Waals surface area contributed by atoms with Crippen molar-refractivity contribution in [2.45, 2.75) is 51.6 Å². The van der Waals surface area contributed by atoms with E-state index in [1.165, 1.54) is 11.1 Å². The van der Waals surface area contributed by atoms with Crippen molar-refractivity contribution in [3.8, 4) is 5.82 Å². The Balaban J connectivity index is 1.15. The van der Waals surface area contributed by atoms with Gasteiger partial charge in [-0.3, -0.25) is 4.79 Å². The van der Waals surface area contributed by atoms with E-state index in [0.29, 0.717) is 30.5 Å². The van der Waals surface area contributed by atoms with Crippen molar-refractivity contribution >= 4 is 11.9 Å². The van der Waals surface area contributed by atoms with Crippen LogP contribution in [-0.4, -0.2) is 66.4 Å². The zero-order chi connectivity index (χ0) is 21.4. The number of nitrogens with one attached hydrogen (secondary N) is 1. The highest BCUT2D eigenvalue weighted by Gasteiger charge is 2.50. The molecule has 1 saturated heterocycles. The lowest BCUT2D eigenvalue weighted by Crippen LogP contribution is -2.42. The highest BCUT2D eigenvalue weighted by Crippen LogP contribution is 2.46. The van der Waals surface area contributed by atoms with Gasteiger partial charge in [0.05, 0.1) is 22.4 Å². The summed E-state index contributed by atoms with van der Waals surface area (Å²) in [5, 5.41) is 23.3. The van der Waals surface area contributed by atoms with Crippen LogP contribution in [0.15, 0.2) is 29.7 Å². The van der Waals surface area contributed by atoms with E-state index in [1.807, 2.05) is 12.1 Å². The predicted octanol–water partition coefficient (Wildman–Crippen LogP) is 0.534. The van der Waals surface area contributed by atoms with Crippen LogP contribution in [0.2, 0.25) is 0 Å². The number of carbonyl (C=O) groups excluding carboxylic acids is 2. The van der Waals surface area contributed by atoms with Crippen molar-refractivity contribution in [3.05, 3.63) is 35.4 Å². The second kappa shape index (κ2) is 7.80. The number of rotatable bonds is 5. The van der Waals surface area contributed by atoms with Crippen molar-refractivity contribution in [2.24, 2.45) is 5.41 Å². The Hall–Kier alpha value is -3.21. The molecule has 162 valence electrons. The fourth-order valence-electron chi connectivity index (χ4n) is 4.74. The number of ether oxygens (including phenoxy) is 1. The monoisotopic (exact) mass is 424 g/mol. The summed E-state index contributed by atoms with van der Waals surface area (Å²) in [5.41, 5.74) is 1.84. The molecule has 0 unspecified atom stereocenters. The summed E-state index contributed by atoms with van der Waals surface area (Å²) >= 11 is 0. The van der Waals surface area contributed by atoms with Crippen molar-refractivity contribution in [3.63, 3.8) is 0 Å². The summed E-state index contributed by atoms with van der Waals surface area (Å²) in [4.78, 5) is 28.0. The third kappa shape index (κ3) is 3.58. The molecule has 1 aliphatic carbocycles. The van der Waals surface area contributed by atoms with Crippen molar-refractivity contribution in [1.29, 1.82) is 0 Å². The number of esters is 1. The number of aromatic nitrogens is 6. The Kier molecular flexibility index (Phi) is 4.97. The zero-order valence-corrected chi connectivity index (χ0v) is 17.3. The molecule has 1 saturated carbocycles. The second-order valence-corrected chi connectivity index (χ2v) is 8.40. The molecule has 1 amide bonds. The standard InChI is InChI=1S/C20H24N8O3/c1-13-16(11-31-18(13)29)27-9-8-20(19(27)30)6-4-14(5-7-20)21-10-15-2-3-17(25-24-15)28-23-12-22-26-28/h2-3,12,14,21H,4-11H2,1H3. The van der Waals surface area contributed by atoms with Gasteiger partial charge >= 0.3 is 5.97 Å². The first-order valence-electron chi connectivity index (χ1n) is 10.5. The lowest BCUT2D eigenvalue weighted by atomic mass is 9.71. The van der Waals surface area contributed by atoms with Gasteiger partial charge in [0.25, 0.3) is 0 Å². The van der Waals surface area contributed by atoms with Crippen LogP contribution in [0.3, 0.4) is 0 Å². The number of carbonyl (C=O) groups is 2. The Labute approximate surface area is 178 Å². The van der Waals surface area contributed by atoms with Crippen LogP contribution in [0.5, 0.6) is 0 Å².